The van der Waals surface area contributed by atoms with E-state index in [0.717, 1.165) is 19.5 Å². The Hall–Kier alpha value is -2.04. The number of benzene rings is 1. The number of hydrogen-bond donors (Lipinski definition) is 0. The summed E-state index contributed by atoms with van der Waals surface area (Å²) in [6.07, 6.45) is 1.08. The van der Waals surface area contributed by atoms with E-state index < -0.39 is 0 Å². The van der Waals surface area contributed by atoms with Crippen molar-refractivity contribution in [2.24, 2.45) is 0 Å². The number of likely N-dealkylation sites (tertiary alicyclic amines) is 1. The molecule has 0 saturated carbocycles. The van der Waals surface area contributed by atoms with Crippen LogP contribution in [0.3, 0.4) is 0 Å². The van der Waals surface area contributed by atoms with E-state index in [1.165, 1.54) is 7.11 Å². The lowest BCUT2D eigenvalue weighted by atomic mass is 10.1. The smallest absolute Gasteiger partial charge is 0.339 e. The fourth-order valence-electron chi connectivity index (χ4n) is 2.04. The van der Waals surface area contributed by atoms with Gasteiger partial charge in [0, 0.05) is 20.1 Å². The lowest BCUT2D eigenvalue weighted by Crippen LogP contribution is -2.46. The summed E-state index contributed by atoms with van der Waals surface area (Å²) in [5, 5.41) is 0. The van der Waals surface area contributed by atoms with Crippen molar-refractivity contribution in [1.82, 2.24) is 4.90 Å². The Kier molecular flexibility index (Phi) is 4.04. The van der Waals surface area contributed by atoms with E-state index in [4.69, 9.17) is 4.74 Å². The highest BCUT2D eigenvalue weighted by molar-refractivity contribution is 5.96. The molecule has 1 aliphatic heterocycles. The van der Waals surface area contributed by atoms with Crippen molar-refractivity contribution in [1.29, 1.82) is 0 Å². The lowest BCUT2D eigenvalue weighted by Gasteiger charge is -2.33. The Morgan fingerprint density at radius 2 is 2.00 bits per heavy atom. The predicted octanol–water partition coefficient (Wildman–Crippen LogP) is 1.14. The van der Waals surface area contributed by atoms with Crippen molar-refractivity contribution < 1.29 is 14.3 Å². The number of amides is 1. The highest BCUT2D eigenvalue weighted by atomic mass is 16.5. The first-order chi connectivity index (χ1) is 9.13. The van der Waals surface area contributed by atoms with Gasteiger partial charge in [-0.3, -0.25) is 4.79 Å². The number of ether oxygens (including phenoxy) is 1. The zero-order chi connectivity index (χ0) is 13.8. The Morgan fingerprint density at radius 3 is 2.58 bits per heavy atom. The monoisotopic (exact) mass is 262 g/mol. The second kappa shape index (κ2) is 5.73. The Balaban J connectivity index is 2.11. The summed E-state index contributed by atoms with van der Waals surface area (Å²) in [5.41, 5.74) is 1.19. The Morgan fingerprint density at radius 1 is 1.32 bits per heavy atom. The number of likely N-dealkylation sites (N-methyl/N-ethyl adjacent to an activating group) is 1. The molecule has 1 fully saturated rings. The number of nitrogens with zero attached hydrogens (tertiary/aromatic N) is 2. The molecule has 1 aliphatic rings. The quantitative estimate of drug-likeness (QED) is 0.764. The van der Waals surface area contributed by atoms with Gasteiger partial charge in [-0.05, 0) is 18.6 Å². The maximum atomic E-state index is 11.9. The van der Waals surface area contributed by atoms with Crippen LogP contribution in [0.2, 0.25) is 0 Å². The molecule has 102 valence electrons. The van der Waals surface area contributed by atoms with Gasteiger partial charge in [0.05, 0.1) is 24.9 Å². The van der Waals surface area contributed by atoms with E-state index in [-0.39, 0.29) is 18.4 Å². The summed E-state index contributed by atoms with van der Waals surface area (Å²) in [6, 6.07) is 7.13. The maximum absolute atomic E-state index is 11.9. The lowest BCUT2D eigenvalue weighted by molar-refractivity contribution is -0.133. The number of anilines is 1. The van der Waals surface area contributed by atoms with E-state index in [9.17, 15) is 9.59 Å². The highest BCUT2D eigenvalue weighted by Crippen LogP contribution is 2.20. The van der Waals surface area contributed by atoms with Crippen molar-refractivity contribution in [3.05, 3.63) is 29.8 Å². The number of carbonyl (C=O) groups is 2. The van der Waals surface area contributed by atoms with Gasteiger partial charge >= 0.3 is 5.97 Å². The zero-order valence-electron chi connectivity index (χ0n) is 11.3. The summed E-state index contributed by atoms with van der Waals surface area (Å²) >= 11 is 0. The molecule has 2 rings (SSSR count). The third-order valence-electron chi connectivity index (χ3n) is 3.30. The summed E-state index contributed by atoms with van der Waals surface area (Å²) in [6.45, 7) is 1.95. The minimum atomic E-state index is -0.390. The molecule has 0 unspecified atom stereocenters. The number of methoxy groups -OCH3 is 1. The molecule has 0 aliphatic carbocycles. The topological polar surface area (TPSA) is 49.9 Å². The maximum Gasteiger partial charge on any atom is 0.339 e. The molecular formula is C14H18N2O3. The van der Waals surface area contributed by atoms with Crippen LogP contribution in [0.1, 0.15) is 16.8 Å². The summed E-state index contributed by atoms with van der Waals surface area (Å²) in [7, 11) is 3.16. The standard InChI is InChI=1S/C14H18N2O3/c1-15(10-13(17)16-8-5-9-16)12-7-4-3-6-11(12)14(18)19-2/h3-4,6-7H,5,8-10H2,1-2H3. The van der Waals surface area contributed by atoms with Crippen molar-refractivity contribution in [2.75, 3.05) is 38.7 Å². The third kappa shape index (κ3) is 2.86. The molecule has 0 bridgehead atoms. The average Bonchev–Trinajstić information content (AvgIpc) is 2.35. The second-order valence-electron chi connectivity index (χ2n) is 4.60. The van der Waals surface area contributed by atoms with Gasteiger partial charge in [-0.2, -0.15) is 0 Å². The first-order valence-electron chi connectivity index (χ1n) is 6.29. The highest BCUT2D eigenvalue weighted by Gasteiger charge is 2.22. The first kappa shape index (κ1) is 13.4. The Labute approximate surface area is 112 Å². The molecule has 1 aromatic rings. The predicted molar refractivity (Wildman–Crippen MR) is 72.2 cm³/mol. The summed E-state index contributed by atoms with van der Waals surface area (Å²) in [5.74, 6) is -0.299. The molecule has 5 nitrogen and oxygen atoms in total. The van der Waals surface area contributed by atoms with Crippen molar-refractivity contribution in [3.8, 4) is 0 Å². The molecule has 0 radical (unpaired) electrons. The fraction of sp³-hybridized carbons (Fsp3) is 0.429. The van der Waals surface area contributed by atoms with Gasteiger partial charge in [0.1, 0.15) is 0 Å². The first-order valence-corrected chi connectivity index (χ1v) is 6.29. The minimum Gasteiger partial charge on any atom is -0.465 e. The number of hydrogen-bond acceptors (Lipinski definition) is 4. The largest absolute Gasteiger partial charge is 0.465 e. The van der Waals surface area contributed by atoms with Gasteiger partial charge in [0.2, 0.25) is 5.91 Å². The van der Waals surface area contributed by atoms with Crippen LogP contribution >= 0.6 is 0 Å². The van der Waals surface area contributed by atoms with Gasteiger partial charge in [-0.25, -0.2) is 4.79 Å². The summed E-state index contributed by atoms with van der Waals surface area (Å²) < 4.78 is 4.75. The van der Waals surface area contributed by atoms with Crippen molar-refractivity contribution in [3.63, 3.8) is 0 Å². The molecule has 5 heteroatoms. The zero-order valence-corrected chi connectivity index (χ0v) is 11.3. The fourth-order valence-corrected chi connectivity index (χ4v) is 2.04. The minimum absolute atomic E-state index is 0.0911. The molecule has 1 saturated heterocycles. The van der Waals surface area contributed by atoms with E-state index in [2.05, 4.69) is 0 Å². The van der Waals surface area contributed by atoms with Crippen LogP contribution in [0.4, 0.5) is 5.69 Å². The number of esters is 1. The molecule has 1 amide bonds. The molecule has 19 heavy (non-hydrogen) atoms. The second-order valence-corrected chi connectivity index (χ2v) is 4.60. The molecule has 0 N–H and O–H groups in total. The van der Waals surface area contributed by atoms with Crippen molar-refractivity contribution >= 4 is 17.6 Å². The molecule has 0 atom stereocenters. The van der Waals surface area contributed by atoms with Gasteiger partial charge in [0.15, 0.2) is 0 Å². The molecule has 0 spiro atoms. The van der Waals surface area contributed by atoms with Gasteiger partial charge in [0.25, 0.3) is 0 Å². The Bertz CT molecular complexity index is 483. The van der Waals surface area contributed by atoms with Gasteiger partial charge in [-0.1, -0.05) is 12.1 Å². The van der Waals surface area contributed by atoms with Crippen LogP contribution in [0.25, 0.3) is 0 Å². The normalized spacial score (nSPS) is 13.7. The van der Waals surface area contributed by atoms with Crippen LogP contribution in [0.15, 0.2) is 24.3 Å². The SMILES string of the molecule is COC(=O)c1ccccc1N(C)CC(=O)N1CCC1. The van der Waals surface area contributed by atoms with E-state index in [1.807, 2.05) is 17.0 Å². The third-order valence-corrected chi connectivity index (χ3v) is 3.30. The van der Waals surface area contributed by atoms with Crippen LogP contribution < -0.4 is 4.90 Å². The van der Waals surface area contributed by atoms with Crippen LogP contribution in [0, 0.1) is 0 Å². The number of rotatable bonds is 4. The van der Waals surface area contributed by atoms with Crippen LogP contribution in [-0.4, -0.2) is 50.6 Å². The van der Waals surface area contributed by atoms with Gasteiger partial charge < -0.3 is 14.5 Å². The van der Waals surface area contributed by atoms with Gasteiger partial charge in [-0.15, -0.1) is 0 Å². The number of para-hydroxylation sites is 1. The number of carbonyl (C=O) groups excluding carboxylic acids is 2. The molecular weight excluding hydrogens is 244 g/mol. The molecule has 1 heterocycles. The molecule has 0 aromatic heterocycles. The van der Waals surface area contributed by atoms with E-state index in [0.29, 0.717) is 11.3 Å². The molecule has 1 aromatic carbocycles. The van der Waals surface area contributed by atoms with Crippen LogP contribution in [0.5, 0.6) is 0 Å². The summed E-state index contributed by atoms with van der Waals surface area (Å²) in [4.78, 5) is 27.2. The van der Waals surface area contributed by atoms with E-state index in [1.54, 1.807) is 24.1 Å². The average molecular weight is 262 g/mol. The van der Waals surface area contributed by atoms with Crippen LogP contribution in [-0.2, 0) is 9.53 Å². The van der Waals surface area contributed by atoms with Crippen molar-refractivity contribution in [2.45, 2.75) is 6.42 Å². The van der Waals surface area contributed by atoms with E-state index >= 15 is 0 Å².